The Morgan fingerprint density at radius 1 is 1.20 bits per heavy atom. The van der Waals surface area contributed by atoms with Crippen LogP contribution in [0.3, 0.4) is 0 Å². The fourth-order valence-electron chi connectivity index (χ4n) is 2.17. The lowest BCUT2D eigenvalue weighted by Crippen LogP contribution is -2.22. The summed E-state index contributed by atoms with van der Waals surface area (Å²) in [5.74, 6) is 0. The molecule has 1 heterocycles. The van der Waals surface area contributed by atoms with Gasteiger partial charge in [-0.3, -0.25) is 4.79 Å². The van der Waals surface area contributed by atoms with E-state index >= 15 is 0 Å². The second-order valence-corrected chi connectivity index (χ2v) is 5.83. The van der Waals surface area contributed by atoms with Gasteiger partial charge in [0.25, 0.3) is 5.56 Å². The molecule has 4 heteroatoms. The number of pyridine rings is 1. The van der Waals surface area contributed by atoms with Gasteiger partial charge in [0, 0.05) is 29.3 Å². The maximum atomic E-state index is 11.5. The number of nitrogens with one attached hydrogen (secondary N) is 1. The van der Waals surface area contributed by atoms with Gasteiger partial charge >= 0.3 is 0 Å². The van der Waals surface area contributed by atoms with E-state index in [4.69, 9.17) is 0 Å². The van der Waals surface area contributed by atoms with E-state index in [0.717, 1.165) is 16.6 Å². The van der Waals surface area contributed by atoms with E-state index in [1.165, 1.54) is 5.56 Å². The highest BCUT2D eigenvalue weighted by molar-refractivity contribution is 9.10. The monoisotopic (exact) mass is 334 g/mol. The van der Waals surface area contributed by atoms with Gasteiger partial charge in [-0.05, 0) is 44.0 Å². The predicted octanol–water partition coefficient (Wildman–Crippen LogP) is 3.67. The van der Waals surface area contributed by atoms with E-state index in [9.17, 15) is 4.79 Å². The number of aromatic nitrogens is 1. The average molecular weight is 335 g/mol. The zero-order valence-corrected chi connectivity index (χ0v) is 13.4. The van der Waals surface area contributed by atoms with Gasteiger partial charge in [0.05, 0.1) is 5.69 Å². The molecule has 0 saturated heterocycles. The molecule has 1 aromatic carbocycles. The van der Waals surface area contributed by atoms with Gasteiger partial charge in [0.1, 0.15) is 0 Å². The number of halogens is 1. The highest BCUT2D eigenvalue weighted by Crippen LogP contribution is 2.13. The van der Waals surface area contributed by atoms with Gasteiger partial charge in [-0.15, -0.1) is 0 Å². The first-order valence-electron chi connectivity index (χ1n) is 6.80. The normalized spacial score (nSPS) is 12.2. The van der Waals surface area contributed by atoms with Crippen molar-refractivity contribution >= 4 is 21.6 Å². The van der Waals surface area contributed by atoms with Crippen LogP contribution in [0, 0.1) is 0 Å². The van der Waals surface area contributed by atoms with Crippen LogP contribution in [0.25, 0.3) is 0 Å². The summed E-state index contributed by atoms with van der Waals surface area (Å²) >= 11 is 3.44. The molecule has 0 amide bonds. The summed E-state index contributed by atoms with van der Waals surface area (Å²) in [5.41, 5.74) is 2.31. The van der Waals surface area contributed by atoms with Gasteiger partial charge in [-0.1, -0.05) is 28.1 Å². The fourth-order valence-corrected chi connectivity index (χ4v) is 2.44. The highest BCUT2D eigenvalue weighted by atomic mass is 79.9. The molecule has 0 fully saturated rings. The third-order valence-corrected chi connectivity index (χ3v) is 3.72. The van der Waals surface area contributed by atoms with Gasteiger partial charge < -0.3 is 9.88 Å². The largest absolute Gasteiger partial charge is 0.381 e. The van der Waals surface area contributed by atoms with Gasteiger partial charge in [0.2, 0.25) is 0 Å². The molecule has 1 aromatic heterocycles. The van der Waals surface area contributed by atoms with Crippen LogP contribution in [0.2, 0.25) is 0 Å². The summed E-state index contributed by atoms with van der Waals surface area (Å²) in [7, 11) is 0. The van der Waals surface area contributed by atoms with Gasteiger partial charge in [-0.2, -0.15) is 0 Å². The number of hydrogen-bond donors (Lipinski definition) is 1. The first-order valence-corrected chi connectivity index (χ1v) is 7.59. The number of rotatable bonds is 5. The second kappa shape index (κ2) is 6.75. The summed E-state index contributed by atoms with van der Waals surface area (Å²) in [6, 6.07) is 12.1. The summed E-state index contributed by atoms with van der Waals surface area (Å²) < 4.78 is 2.80. The molecular formula is C16H19BrN2O. The third-order valence-electron chi connectivity index (χ3n) is 3.19. The van der Waals surface area contributed by atoms with Crippen LogP contribution in [0.5, 0.6) is 0 Å². The summed E-state index contributed by atoms with van der Waals surface area (Å²) in [6.45, 7) is 4.80. The Balaban J connectivity index is 2.02. The minimum atomic E-state index is 0.0404. The van der Waals surface area contributed by atoms with Crippen molar-refractivity contribution in [3.05, 3.63) is 63.0 Å². The van der Waals surface area contributed by atoms with Crippen molar-refractivity contribution in [1.82, 2.24) is 4.57 Å². The van der Waals surface area contributed by atoms with Gasteiger partial charge in [-0.25, -0.2) is 0 Å². The molecule has 3 nitrogen and oxygen atoms in total. The van der Waals surface area contributed by atoms with Crippen LogP contribution in [0.1, 0.15) is 19.4 Å². The zero-order valence-electron chi connectivity index (χ0n) is 11.8. The molecule has 0 bridgehead atoms. The molecule has 1 unspecified atom stereocenters. The number of benzene rings is 1. The smallest absolute Gasteiger partial charge is 0.250 e. The van der Waals surface area contributed by atoms with E-state index in [1.807, 2.05) is 19.2 Å². The molecule has 1 N–H and O–H groups in total. The maximum Gasteiger partial charge on any atom is 0.250 e. The molecule has 1 atom stereocenters. The van der Waals surface area contributed by atoms with Crippen LogP contribution >= 0.6 is 15.9 Å². The molecule has 20 heavy (non-hydrogen) atoms. The molecule has 2 rings (SSSR count). The van der Waals surface area contributed by atoms with Crippen molar-refractivity contribution < 1.29 is 0 Å². The third kappa shape index (κ3) is 3.97. The lowest BCUT2D eigenvalue weighted by atomic mass is 10.1. The molecular weight excluding hydrogens is 316 g/mol. The highest BCUT2D eigenvalue weighted by Gasteiger charge is 2.05. The second-order valence-electron chi connectivity index (χ2n) is 4.92. The van der Waals surface area contributed by atoms with Crippen molar-refractivity contribution in [3.8, 4) is 0 Å². The fraction of sp³-hybridized carbons (Fsp3) is 0.312. The minimum absolute atomic E-state index is 0.0404. The standard InChI is InChI=1S/C16H19BrN2O/c1-3-19-11-15(8-9-16(19)20)18-12(2)10-13-4-6-14(17)7-5-13/h4-9,11-12,18H,3,10H2,1-2H3. The van der Waals surface area contributed by atoms with Crippen LogP contribution in [0.4, 0.5) is 5.69 Å². The van der Waals surface area contributed by atoms with E-state index in [1.54, 1.807) is 10.6 Å². The Labute approximate surface area is 127 Å². The molecule has 2 aromatic rings. The number of anilines is 1. The Morgan fingerprint density at radius 3 is 2.55 bits per heavy atom. The summed E-state index contributed by atoms with van der Waals surface area (Å²) in [6.07, 6.45) is 2.82. The Kier molecular flexibility index (Phi) is 5.01. The summed E-state index contributed by atoms with van der Waals surface area (Å²) in [4.78, 5) is 11.5. The average Bonchev–Trinajstić information content (AvgIpc) is 2.43. The SMILES string of the molecule is CCn1cc(NC(C)Cc2ccc(Br)cc2)ccc1=O. The van der Waals surface area contributed by atoms with Crippen molar-refractivity contribution in [1.29, 1.82) is 0 Å². The predicted molar refractivity (Wildman–Crippen MR) is 87.3 cm³/mol. The van der Waals surface area contributed by atoms with Crippen LogP contribution in [-0.4, -0.2) is 10.6 Å². The molecule has 0 aliphatic heterocycles. The topological polar surface area (TPSA) is 34.0 Å². The minimum Gasteiger partial charge on any atom is -0.381 e. The zero-order chi connectivity index (χ0) is 14.5. The Hall–Kier alpha value is -1.55. The first kappa shape index (κ1) is 14.9. The van der Waals surface area contributed by atoms with E-state index in [0.29, 0.717) is 12.6 Å². The quantitative estimate of drug-likeness (QED) is 0.905. The van der Waals surface area contributed by atoms with Crippen LogP contribution < -0.4 is 10.9 Å². The van der Waals surface area contributed by atoms with Crippen molar-refractivity contribution in [2.75, 3.05) is 5.32 Å². The van der Waals surface area contributed by atoms with Crippen molar-refractivity contribution in [2.45, 2.75) is 32.9 Å². The molecule has 0 spiro atoms. The van der Waals surface area contributed by atoms with E-state index in [2.05, 4.69) is 52.4 Å². The van der Waals surface area contributed by atoms with Crippen molar-refractivity contribution in [3.63, 3.8) is 0 Å². The van der Waals surface area contributed by atoms with Crippen molar-refractivity contribution in [2.24, 2.45) is 0 Å². The lowest BCUT2D eigenvalue weighted by molar-refractivity contribution is 0.722. The Morgan fingerprint density at radius 2 is 1.90 bits per heavy atom. The maximum absolute atomic E-state index is 11.5. The van der Waals surface area contributed by atoms with Crippen LogP contribution in [-0.2, 0) is 13.0 Å². The number of aryl methyl sites for hydroxylation is 1. The summed E-state index contributed by atoms with van der Waals surface area (Å²) in [5, 5.41) is 3.44. The lowest BCUT2D eigenvalue weighted by Gasteiger charge is -2.16. The molecule has 106 valence electrons. The first-order chi connectivity index (χ1) is 9.58. The van der Waals surface area contributed by atoms with E-state index in [-0.39, 0.29) is 5.56 Å². The molecule has 0 saturated carbocycles. The Bertz CT molecular complexity index is 619. The molecule has 0 aliphatic rings. The molecule has 0 radical (unpaired) electrons. The number of nitrogens with zero attached hydrogens (tertiary/aromatic N) is 1. The molecule has 0 aliphatic carbocycles. The van der Waals surface area contributed by atoms with Gasteiger partial charge in [0.15, 0.2) is 0 Å². The van der Waals surface area contributed by atoms with Crippen LogP contribution in [0.15, 0.2) is 51.9 Å². The van der Waals surface area contributed by atoms with E-state index < -0.39 is 0 Å². The number of hydrogen-bond acceptors (Lipinski definition) is 2.